The maximum atomic E-state index is 12.3. The lowest BCUT2D eigenvalue weighted by molar-refractivity contribution is 0.414. The van der Waals surface area contributed by atoms with Crippen molar-refractivity contribution < 1.29 is 8.42 Å². The molecule has 1 heterocycles. The van der Waals surface area contributed by atoms with Crippen LogP contribution in [0.15, 0.2) is 24.3 Å². The second kappa shape index (κ2) is 7.17. The maximum absolute atomic E-state index is 12.3. The molecule has 1 aromatic carbocycles. The van der Waals surface area contributed by atoms with Gasteiger partial charge < -0.3 is 5.73 Å². The maximum Gasteiger partial charge on any atom is 0.279 e. The van der Waals surface area contributed by atoms with Gasteiger partial charge in [-0.3, -0.25) is 0 Å². The molecule has 6 heteroatoms. The fourth-order valence-corrected chi connectivity index (χ4v) is 3.73. The molecule has 3 N–H and O–H groups in total. The summed E-state index contributed by atoms with van der Waals surface area (Å²) >= 11 is 0. The number of hydrogen-bond donors (Lipinski definition) is 2. The summed E-state index contributed by atoms with van der Waals surface area (Å²) in [4.78, 5) is 0. The molecule has 2 rings (SSSR count). The third kappa shape index (κ3) is 4.02. The minimum Gasteiger partial charge on any atom is -0.326 e. The Hall–Kier alpha value is -0.950. The summed E-state index contributed by atoms with van der Waals surface area (Å²) in [6.45, 7) is 1.95. The van der Waals surface area contributed by atoms with Gasteiger partial charge in [0, 0.05) is 26.2 Å². The van der Waals surface area contributed by atoms with Gasteiger partial charge in [0.2, 0.25) is 0 Å². The molecule has 1 aliphatic rings. The third-order valence-corrected chi connectivity index (χ3v) is 5.24. The quantitative estimate of drug-likeness (QED) is 0.861. The molecule has 1 aliphatic heterocycles. The van der Waals surface area contributed by atoms with E-state index in [4.69, 9.17) is 5.73 Å². The van der Waals surface area contributed by atoms with Gasteiger partial charge in [-0.25, -0.2) is 0 Å². The summed E-state index contributed by atoms with van der Waals surface area (Å²) in [5, 5.41) is 0. The van der Waals surface area contributed by atoms with Gasteiger partial charge in [0.25, 0.3) is 10.2 Å². The Morgan fingerprint density at radius 3 is 2.25 bits per heavy atom. The monoisotopic (exact) mass is 297 g/mol. The summed E-state index contributed by atoms with van der Waals surface area (Å²) in [6, 6.07) is 7.65. The zero-order chi connectivity index (χ0) is 14.4. The number of nitrogens with one attached hydrogen (secondary N) is 1. The average Bonchev–Trinajstić information content (AvgIpc) is 2.75. The molecular weight excluding hydrogens is 274 g/mol. The molecule has 20 heavy (non-hydrogen) atoms. The van der Waals surface area contributed by atoms with E-state index in [9.17, 15) is 8.42 Å². The Labute approximate surface area is 121 Å². The lowest BCUT2D eigenvalue weighted by atomic mass is 10.1. The summed E-state index contributed by atoms with van der Waals surface area (Å²) in [5.41, 5.74) is 7.58. The fourth-order valence-electron chi connectivity index (χ4n) is 2.47. The van der Waals surface area contributed by atoms with E-state index in [0.717, 1.165) is 36.8 Å². The van der Waals surface area contributed by atoms with Gasteiger partial charge in [0.1, 0.15) is 0 Å². The first-order valence-electron chi connectivity index (χ1n) is 7.15. The smallest absolute Gasteiger partial charge is 0.279 e. The van der Waals surface area contributed by atoms with E-state index in [-0.39, 0.29) is 0 Å². The highest BCUT2D eigenvalue weighted by Crippen LogP contribution is 2.13. The second-order valence-electron chi connectivity index (χ2n) is 5.11. The minimum absolute atomic E-state index is 0.298. The Morgan fingerprint density at radius 2 is 1.65 bits per heavy atom. The molecule has 0 saturated carbocycles. The van der Waals surface area contributed by atoms with Crippen LogP contribution in [0.4, 0.5) is 0 Å². The summed E-state index contributed by atoms with van der Waals surface area (Å²) in [5.74, 6) is 0. The van der Waals surface area contributed by atoms with Crippen LogP contribution in [0, 0.1) is 0 Å². The first kappa shape index (κ1) is 15.4. The van der Waals surface area contributed by atoms with Crippen LogP contribution < -0.4 is 10.5 Å². The molecule has 1 aromatic rings. The molecule has 0 bridgehead atoms. The summed E-state index contributed by atoms with van der Waals surface area (Å²) < 4.78 is 28.8. The summed E-state index contributed by atoms with van der Waals surface area (Å²) in [7, 11) is -3.39. The van der Waals surface area contributed by atoms with E-state index in [0.29, 0.717) is 26.2 Å². The molecule has 5 nitrogen and oxygen atoms in total. The number of nitrogens with zero attached hydrogens (tertiary/aromatic N) is 1. The van der Waals surface area contributed by atoms with Crippen LogP contribution >= 0.6 is 0 Å². The van der Waals surface area contributed by atoms with Gasteiger partial charge in [0.05, 0.1) is 0 Å². The highest BCUT2D eigenvalue weighted by atomic mass is 32.2. The predicted octanol–water partition coefficient (Wildman–Crippen LogP) is 1.36. The Kier molecular flexibility index (Phi) is 5.54. The van der Waals surface area contributed by atoms with E-state index in [1.54, 1.807) is 4.31 Å². The minimum atomic E-state index is -3.39. The average molecular weight is 297 g/mol. The number of rotatable bonds is 5. The highest BCUT2D eigenvalue weighted by molar-refractivity contribution is 7.87. The van der Waals surface area contributed by atoms with Crippen LogP contribution in [-0.4, -0.2) is 25.8 Å². The Balaban J connectivity index is 2.01. The van der Waals surface area contributed by atoms with Crippen molar-refractivity contribution in [2.24, 2.45) is 5.73 Å². The Bertz CT molecular complexity index is 523. The van der Waals surface area contributed by atoms with E-state index in [2.05, 4.69) is 4.72 Å². The van der Waals surface area contributed by atoms with Crippen molar-refractivity contribution in [1.82, 2.24) is 9.03 Å². The molecule has 0 atom stereocenters. The number of hydrogen-bond acceptors (Lipinski definition) is 3. The van der Waals surface area contributed by atoms with Gasteiger partial charge in [0.15, 0.2) is 0 Å². The van der Waals surface area contributed by atoms with Gasteiger partial charge in [-0.15, -0.1) is 0 Å². The van der Waals surface area contributed by atoms with Crippen LogP contribution in [0.2, 0.25) is 0 Å². The van der Waals surface area contributed by atoms with Crippen molar-refractivity contribution >= 4 is 10.2 Å². The molecule has 0 unspecified atom stereocenters. The van der Waals surface area contributed by atoms with Crippen molar-refractivity contribution in [3.63, 3.8) is 0 Å². The van der Waals surface area contributed by atoms with Crippen molar-refractivity contribution in [1.29, 1.82) is 0 Å². The molecule has 0 spiro atoms. The van der Waals surface area contributed by atoms with E-state index < -0.39 is 10.2 Å². The predicted molar refractivity (Wildman–Crippen MR) is 80.1 cm³/mol. The van der Waals surface area contributed by atoms with E-state index >= 15 is 0 Å². The lowest BCUT2D eigenvalue weighted by Crippen LogP contribution is -2.41. The molecule has 0 aliphatic carbocycles. The molecule has 112 valence electrons. The van der Waals surface area contributed by atoms with Crippen molar-refractivity contribution in [2.75, 3.05) is 13.1 Å². The fraction of sp³-hybridized carbons (Fsp3) is 0.571. The van der Waals surface area contributed by atoms with Crippen molar-refractivity contribution in [2.45, 2.75) is 38.8 Å². The lowest BCUT2D eigenvalue weighted by Gasteiger charge is -2.20. The third-order valence-electron chi connectivity index (χ3n) is 3.69. The first-order valence-corrected chi connectivity index (χ1v) is 8.59. The zero-order valence-electron chi connectivity index (χ0n) is 11.7. The SMILES string of the molecule is NCc1ccccc1CNS(=O)(=O)N1CCCCCC1. The van der Waals surface area contributed by atoms with Crippen molar-refractivity contribution in [3.05, 3.63) is 35.4 Å². The molecule has 1 fully saturated rings. The van der Waals surface area contributed by atoms with Crippen LogP contribution in [0.5, 0.6) is 0 Å². The summed E-state index contributed by atoms with van der Waals surface area (Å²) in [6.07, 6.45) is 4.12. The van der Waals surface area contributed by atoms with Crippen LogP contribution in [0.3, 0.4) is 0 Å². The zero-order valence-corrected chi connectivity index (χ0v) is 12.5. The number of nitrogens with two attached hydrogens (primary N) is 1. The van der Waals surface area contributed by atoms with Crippen LogP contribution in [0.25, 0.3) is 0 Å². The second-order valence-corrected chi connectivity index (χ2v) is 6.87. The van der Waals surface area contributed by atoms with Gasteiger partial charge in [-0.05, 0) is 24.0 Å². The standard InChI is InChI=1S/C14H23N3O2S/c15-11-13-7-3-4-8-14(13)12-16-20(18,19)17-9-5-1-2-6-10-17/h3-4,7-8,16H,1-2,5-6,9-12,15H2. The largest absolute Gasteiger partial charge is 0.326 e. The normalized spacial score (nSPS) is 17.9. The highest BCUT2D eigenvalue weighted by Gasteiger charge is 2.22. The molecule has 0 amide bonds. The van der Waals surface area contributed by atoms with Gasteiger partial charge >= 0.3 is 0 Å². The molecule has 0 radical (unpaired) electrons. The molecule has 1 saturated heterocycles. The van der Waals surface area contributed by atoms with Crippen LogP contribution in [0.1, 0.15) is 36.8 Å². The van der Waals surface area contributed by atoms with Crippen LogP contribution in [-0.2, 0) is 23.3 Å². The molecule has 0 aromatic heterocycles. The van der Waals surface area contributed by atoms with Gasteiger partial charge in [-0.2, -0.15) is 17.4 Å². The Morgan fingerprint density at radius 1 is 1.05 bits per heavy atom. The topological polar surface area (TPSA) is 75.4 Å². The first-order chi connectivity index (χ1) is 9.63. The number of benzene rings is 1. The molecular formula is C14H23N3O2S. The van der Waals surface area contributed by atoms with E-state index in [1.165, 1.54) is 0 Å². The van der Waals surface area contributed by atoms with Gasteiger partial charge in [-0.1, -0.05) is 37.1 Å². The van der Waals surface area contributed by atoms with Crippen molar-refractivity contribution in [3.8, 4) is 0 Å². The van der Waals surface area contributed by atoms with E-state index in [1.807, 2.05) is 24.3 Å².